The maximum absolute atomic E-state index is 12.5. The molecule has 1 N–H and O–H groups in total. The maximum atomic E-state index is 12.5. The summed E-state index contributed by atoms with van der Waals surface area (Å²) in [6.45, 7) is 8.40. The Kier molecular flexibility index (Phi) is 4.68. The highest BCUT2D eigenvalue weighted by Crippen LogP contribution is 2.20. The molecule has 1 aliphatic heterocycles. The first kappa shape index (κ1) is 16.3. The number of hydrogen-bond acceptors (Lipinski definition) is 4. The lowest BCUT2D eigenvalue weighted by Crippen LogP contribution is -2.40. The zero-order valence-corrected chi connectivity index (χ0v) is 13.5. The van der Waals surface area contributed by atoms with E-state index in [0.29, 0.717) is 25.3 Å². The van der Waals surface area contributed by atoms with Crippen LogP contribution in [0, 0.1) is 12.8 Å². The van der Waals surface area contributed by atoms with Gasteiger partial charge in [0, 0.05) is 31.6 Å². The Morgan fingerprint density at radius 3 is 2.77 bits per heavy atom. The molecule has 1 saturated heterocycles. The van der Waals surface area contributed by atoms with E-state index in [0.717, 1.165) is 5.56 Å². The number of carbonyl (C=O) groups excluding carboxylic acids is 2. The SMILES string of the molecule is Cc1ccnc(N(CC2CNC(=O)C2)C(=O)OC(C)(C)C)c1. The monoisotopic (exact) mass is 305 g/mol. The normalized spacial score (nSPS) is 18.0. The first-order chi connectivity index (χ1) is 10.2. The van der Waals surface area contributed by atoms with Crippen molar-refractivity contribution in [2.45, 2.75) is 39.7 Å². The van der Waals surface area contributed by atoms with Crippen molar-refractivity contribution in [3.8, 4) is 0 Å². The molecule has 1 aliphatic rings. The first-order valence-corrected chi connectivity index (χ1v) is 7.44. The Morgan fingerprint density at radius 1 is 1.50 bits per heavy atom. The van der Waals surface area contributed by atoms with E-state index in [1.165, 1.54) is 4.90 Å². The van der Waals surface area contributed by atoms with E-state index in [-0.39, 0.29) is 11.8 Å². The van der Waals surface area contributed by atoms with Gasteiger partial charge in [-0.1, -0.05) is 0 Å². The number of nitrogens with zero attached hydrogens (tertiary/aromatic N) is 2. The van der Waals surface area contributed by atoms with E-state index in [1.807, 2.05) is 39.8 Å². The summed E-state index contributed by atoms with van der Waals surface area (Å²) in [6, 6.07) is 3.71. The molecule has 120 valence electrons. The Hall–Kier alpha value is -2.11. The molecule has 1 unspecified atom stereocenters. The van der Waals surface area contributed by atoms with Crippen LogP contribution in [0.15, 0.2) is 18.3 Å². The number of nitrogens with one attached hydrogen (secondary N) is 1. The fraction of sp³-hybridized carbons (Fsp3) is 0.562. The van der Waals surface area contributed by atoms with Crippen LogP contribution in [0.1, 0.15) is 32.8 Å². The molecule has 0 radical (unpaired) electrons. The highest BCUT2D eigenvalue weighted by Gasteiger charge is 2.30. The molecule has 2 heterocycles. The molecule has 1 atom stereocenters. The van der Waals surface area contributed by atoms with E-state index in [2.05, 4.69) is 10.3 Å². The van der Waals surface area contributed by atoms with Gasteiger partial charge in [0.25, 0.3) is 0 Å². The van der Waals surface area contributed by atoms with Crippen molar-refractivity contribution in [1.82, 2.24) is 10.3 Å². The average molecular weight is 305 g/mol. The highest BCUT2D eigenvalue weighted by atomic mass is 16.6. The standard InChI is InChI=1S/C16H23N3O3/c1-11-5-6-17-13(7-11)19(15(21)22-16(2,3)4)10-12-8-14(20)18-9-12/h5-7,12H,8-10H2,1-4H3,(H,18,20). The van der Waals surface area contributed by atoms with Crippen LogP contribution in [0.4, 0.5) is 10.6 Å². The molecule has 1 aromatic rings. The second kappa shape index (κ2) is 6.34. The van der Waals surface area contributed by atoms with Crippen LogP contribution in [-0.4, -0.2) is 35.7 Å². The summed E-state index contributed by atoms with van der Waals surface area (Å²) >= 11 is 0. The fourth-order valence-electron chi connectivity index (χ4n) is 2.30. The van der Waals surface area contributed by atoms with Gasteiger partial charge in [-0.15, -0.1) is 0 Å². The fourth-order valence-corrected chi connectivity index (χ4v) is 2.30. The number of hydrogen-bond donors (Lipinski definition) is 1. The van der Waals surface area contributed by atoms with E-state index >= 15 is 0 Å². The van der Waals surface area contributed by atoms with Crippen molar-refractivity contribution >= 4 is 17.8 Å². The second-order valence-electron chi connectivity index (χ2n) is 6.66. The Balaban J connectivity index is 2.20. The molecule has 22 heavy (non-hydrogen) atoms. The van der Waals surface area contributed by atoms with Crippen LogP contribution in [0.25, 0.3) is 0 Å². The van der Waals surface area contributed by atoms with Crippen LogP contribution in [0.5, 0.6) is 0 Å². The number of ether oxygens (including phenoxy) is 1. The number of rotatable bonds is 3. The molecule has 0 aromatic carbocycles. The lowest BCUT2D eigenvalue weighted by atomic mass is 10.1. The third-order valence-electron chi connectivity index (χ3n) is 3.29. The number of amides is 2. The second-order valence-corrected chi connectivity index (χ2v) is 6.66. The summed E-state index contributed by atoms with van der Waals surface area (Å²) in [7, 11) is 0. The van der Waals surface area contributed by atoms with Gasteiger partial charge in [-0.2, -0.15) is 0 Å². The van der Waals surface area contributed by atoms with Gasteiger partial charge in [-0.05, 0) is 45.4 Å². The van der Waals surface area contributed by atoms with Crippen molar-refractivity contribution in [2.24, 2.45) is 5.92 Å². The largest absolute Gasteiger partial charge is 0.443 e. The van der Waals surface area contributed by atoms with Crippen molar-refractivity contribution < 1.29 is 14.3 Å². The van der Waals surface area contributed by atoms with Gasteiger partial charge in [0.1, 0.15) is 11.4 Å². The molecule has 0 bridgehead atoms. The molecular weight excluding hydrogens is 282 g/mol. The average Bonchev–Trinajstić information content (AvgIpc) is 2.79. The third-order valence-corrected chi connectivity index (χ3v) is 3.29. The summed E-state index contributed by atoms with van der Waals surface area (Å²) in [4.78, 5) is 29.6. The number of aromatic nitrogens is 1. The summed E-state index contributed by atoms with van der Waals surface area (Å²) in [5, 5.41) is 2.79. The van der Waals surface area contributed by atoms with Gasteiger partial charge in [0.2, 0.25) is 5.91 Å². The van der Waals surface area contributed by atoms with E-state index < -0.39 is 11.7 Å². The number of carbonyl (C=O) groups is 2. The number of aryl methyl sites for hydroxylation is 1. The molecule has 0 saturated carbocycles. The quantitative estimate of drug-likeness (QED) is 0.930. The molecule has 6 heteroatoms. The van der Waals surface area contributed by atoms with Crippen molar-refractivity contribution in [1.29, 1.82) is 0 Å². The first-order valence-electron chi connectivity index (χ1n) is 7.44. The minimum atomic E-state index is -0.580. The smallest absolute Gasteiger partial charge is 0.416 e. The molecule has 0 aliphatic carbocycles. The molecule has 0 spiro atoms. The van der Waals surface area contributed by atoms with Gasteiger partial charge in [0.15, 0.2) is 0 Å². The molecule has 1 fully saturated rings. The lowest BCUT2D eigenvalue weighted by Gasteiger charge is -2.28. The van der Waals surface area contributed by atoms with Gasteiger partial charge in [-0.3, -0.25) is 9.69 Å². The van der Waals surface area contributed by atoms with Gasteiger partial charge >= 0.3 is 6.09 Å². The van der Waals surface area contributed by atoms with Crippen LogP contribution >= 0.6 is 0 Å². The van der Waals surface area contributed by atoms with Crippen LogP contribution < -0.4 is 10.2 Å². The summed E-state index contributed by atoms with van der Waals surface area (Å²) in [6.07, 6.45) is 1.65. The Morgan fingerprint density at radius 2 is 2.23 bits per heavy atom. The maximum Gasteiger partial charge on any atom is 0.416 e. The van der Waals surface area contributed by atoms with Crippen molar-refractivity contribution in [3.63, 3.8) is 0 Å². The van der Waals surface area contributed by atoms with Gasteiger partial charge in [-0.25, -0.2) is 9.78 Å². The van der Waals surface area contributed by atoms with E-state index in [9.17, 15) is 9.59 Å². The summed E-state index contributed by atoms with van der Waals surface area (Å²) in [5.41, 5.74) is 0.433. The Bertz CT molecular complexity index is 566. The molecule has 2 rings (SSSR count). The molecule has 2 amide bonds. The van der Waals surface area contributed by atoms with Crippen LogP contribution in [0.2, 0.25) is 0 Å². The number of pyridine rings is 1. The topological polar surface area (TPSA) is 71.5 Å². The minimum Gasteiger partial charge on any atom is -0.443 e. The van der Waals surface area contributed by atoms with Gasteiger partial charge in [0.05, 0.1) is 0 Å². The third kappa shape index (κ3) is 4.44. The van der Waals surface area contributed by atoms with Crippen LogP contribution in [-0.2, 0) is 9.53 Å². The molecule has 6 nitrogen and oxygen atoms in total. The molecular formula is C16H23N3O3. The highest BCUT2D eigenvalue weighted by molar-refractivity contribution is 5.87. The predicted octanol–water partition coefficient (Wildman–Crippen LogP) is 2.27. The van der Waals surface area contributed by atoms with Crippen molar-refractivity contribution in [2.75, 3.05) is 18.0 Å². The zero-order chi connectivity index (χ0) is 16.3. The van der Waals surface area contributed by atoms with Crippen LogP contribution in [0.3, 0.4) is 0 Å². The van der Waals surface area contributed by atoms with E-state index in [1.54, 1.807) is 6.20 Å². The predicted molar refractivity (Wildman–Crippen MR) is 83.7 cm³/mol. The Labute approximate surface area is 130 Å². The number of anilines is 1. The van der Waals surface area contributed by atoms with E-state index in [4.69, 9.17) is 4.74 Å². The van der Waals surface area contributed by atoms with Crippen molar-refractivity contribution in [3.05, 3.63) is 23.9 Å². The van der Waals surface area contributed by atoms with Gasteiger partial charge < -0.3 is 10.1 Å². The minimum absolute atomic E-state index is 0.0198. The molecule has 1 aromatic heterocycles. The zero-order valence-electron chi connectivity index (χ0n) is 13.5. The lowest BCUT2D eigenvalue weighted by molar-refractivity contribution is -0.119. The summed E-state index contributed by atoms with van der Waals surface area (Å²) < 4.78 is 5.47. The summed E-state index contributed by atoms with van der Waals surface area (Å²) in [5.74, 6) is 0.641.